The molecule has 1 amide bonds. The summed E-state index contributed by atoms with van der Waals surface area (Å²) in [5.41, 5.74) is 1.19. The molecule has 1 atom stereocenters. The third kappa shape index (κ3) is 7.19. The maximum Gasteiger partial charge on any atom is 0.410 e. The highest BCUT2D eigenvalue weighted by Crippen LogP contribution is 2.20. The first-order valence-corrected chi connectivity index (χ1v) is 9.48. The summed E-state index contributed by atoms with van der Waals surface area (Å²) >= 11 is 0. The zero-order chi connectivity index (χ0) is 21.1. The molecule has 1 aliphatic rings. The summed E-state index contributed by atoms with van der Waals surface area (Å²) in [7, 11) is 1.33. The fraction of sp³-hybridized carbons (Fsp3) is 0.364. The average molecular weight is 403 g/mol. The third-order valence-electron chi connectivity index (χ3n) is 4.45. The number of esters is 1. The molecule has 1 N–H and O–H groups in total. The third-order valence-corrected chi connectivity index (χ3v) is 4.45. The fourth-order valence-electron chi connectivity index (χ4n) is 2.92. The van der Waals surface area contributed by atoms with E-state index in [2.05, 4.69) is 0 Å². The maximum absolute atomic E-state index is 12.0. The Morgan fingerprint density at radius 1 is 1.21 bits per heavy atom. The number of hydrogen-bond acceptors (Lipinski definition) is 5. The minimum Gasteiger partial charge on any atom is -0.465 e. The van der Waals surface area contributed by atoms with Crippen molar-refractivity contribution in [2.75, 3.05) is 20.3 Å². The minimum absolute atomic E-state index is 0.101. The van der Waals surface area contributed by atoms with Crippen LogP contribution in [0.4, 0.5) is 9.18 Å². The predicted molar refractivity (Wildman–Crippen MR) is 106 cm³/mol. The van der Waals surface area contributed by atoms with Crippen molar-refractivity contribution in [2.24, 2.45) is 0 Å². The summed E-state index contributed by atoms with van der Waals surface area (Å²) in [5, 5.41) is 8.82. The summed E-state index contributed by atoms with van der Waals surface area (Å²) in [6.07, 6.45) is 1.52. The van der Waals surface area contributed by atoms with Gasteiger partial charge < -0.3 is 19.5 Å². The number of amides is 1. The van der Waals surface area contributed by atoms with E-state index in [1.165, 1.54) is 19.2 Å². The van der Waals surface area contributed by atoms with Gasteiger partial charge in [-0.3, -0.25) is 0 Å². The first-order valence-electron chi connectivity index (χ1n) is 9.48. The van der Waals surface area contributed by atoms with Gasteiger partial charge >= 0.3 is 12.1 Å². The van der Waals surface area contributed by atoms with Crippen LogP contribution in [0.15, 0.2) is 54.6 Å². The van der Waals surface area contributed by atoms with Crippen molar-refractivity contribution in [3.63, 3.8) is 0 Å². The second-order valence-electron chi connectivity index (χ2n) is 6.53. The Morgan fingerprint density at radius 3 is 2.48 bits per heavy atom. The van der Waals surface area contributed by atoms with Crippen molar-refractivity contribution in [3.05, 3.63) is 71.5 Å². The molecule has 2 aromatic carbocycles. The van der Waals surface area contributed by atoms with Gasteiger partial charge in [0.05, 0.1) is 12.7 Å². The van der Waals surface area contributed by atoms with Crippen LogP contribution in [0, 0.1) is 5.82 Å². The number of methoxy groups -OCH3 is 1. The summed E-state index contributed by atoms with van der Waals surface area (Å²) in [6.45, 7) is 0.992. The van der Waals surface area contributed by atoms with E-state index in [4.69, 9.17) is 14.6 Å². The number of benzene rings is 2. The fourth-order valence-corrected chi connectivity index (χ4v) is 2.92. The van der Waals surface area contributed by atoms with E-state index in [-0.39, 0.29) is 24.6 Å². The lowest BCUT2D eigenvalue weighted by Crippen LogP contribution is -2.41. The smallest absolute Gasteiger partial charge is 0.410 e. The lowest BCUT2D eigenvalue weighted by molar-refractivity contribution is 0.0162. The van der Waals surface area contributed by atoms with Crippen LogP contribution in [0.25, 0.3) is 0 Å². The van der Waals surface area contributed by atoms with Crippen molar-refractivity contribution in [3.8, 4) is 0 Å². The summed E-state index contributed by atoms with van der Waals surface area (Å²) in [5.74, 6) is -0.593. The van der Waals surface area contributed by atoms with Gasteiger partial charge in [-0.1, -0.05) is 36.4 Å². The molecule has 156 valence electrons. The molecule has 0 aromatic heterocycles. The number of carbonyl (C=O) groups excluding carboxylic acids is 2. The Bertz CT molecular complexity index is 784. The van der Waals surface area contributed by atoms with Crippen LogP contribution in [-0.4, -0.2) is 48.4 Å². The van der Waals surface area contributed by atoms with Crippen molar-refractivity contribution >= 4 is 12.1 Å². The molecule has 0 radical (unpaired) electrons. The molecule has 6 nitrogen and oxygen atoms in total. The average Bonchev–Trinajstić information content (AvgIpc) is 2.75. The first-order chi connectivity index (χ1) is 14.0. The second-order valence-corrected chi connectivity index (χ2v) is 6.53. The van der Waals surface area contributed by atoms with E-state index in [9.17, 15) is 14.0 Å². The van der Waals surface area contributed by atoms with Gasteiger partial charge in [0.2, 0.25) is 0 Å². The van der Waals surface area contributed by atoms with Gasteiger partial charge in [0.25, 0.3) is 0 Å². The summed E-state index contributed by atoms with van der Waals surface area (Å²) < 4.78 is 22.0. The first kappa shape index (κ1) is 22.4. The highest BCUT2D eigenvalue weighted by atomic mass is 19.1. The van der Waals surface area contributed by atoms with Gasteiger partial charge in [0, 0.05) is 26.1 Å². The number of aliphatic hydroxyl groups excluding tert-OH is 1. The second kappa shape index (κ2) is 11.8. The molecule has 3 rings (SSSR count). The molecule has 29 heavy (non-hydrogen) atoms. The highest BCUT2D eigenvalue weighted by molar-refractivity contribution is 5.91. The number of ether oxygens (including phenoxy) is 2. The zero-order valence-corrected chi connectivity index (χ0v) is 16.4. The van der Waals surface area contributed by atoms with Gasteiger partial charge in [-0.25, -0.2) is 14.0 Å². The molecule has 0 spiro atoms. The number of hydrogen-bond donors (Lipinski definition) is 1. The standard InChI is InChI=1S/C16H21NO5.C6H5F/c1-21-15(19)14-7-3-2-5-12(14)11-17-9-8-13(6-4-10-18)22-16(17)20;7-6-4-2-1-3-5-6/h2-3,5,7,13,18H,4,6,8-11H2,1H3;1-5H. The van der Waals surface area contributed by atoms with Crippen LogP contribution in [0.1, 0.15) is 35.2 Å². The molecule has 1 unspecified atom stereocenters. The molecular formula is C22H26FNO5. The molecule has 0 saturated carbocycles. The SMILES string of the molecule is COC(=O)c1ccccc1CN1CCC(CCCO)OC1=O.Fc1ccccc1. The monoisotopic (exact) mass is 403 g/mol. The Hall–Kier alpha value is -2.93. The van der Waals surface area contributed by atoms with Crippen LogP contribution in [-0.2, 0) is 16.0 Å². The number of cyclic esters (lactones) is 1. The van der Waals surface area contributed by atoms with Crippen molar-refractivity contribution < 1.29 is 28.6 Å². The van der Waals surface area contributed by atoms with Gasteiger partial charge in [-0.15, -0.1) is 0 Å². The predicted octanol–water partition coefficient (Wildman–Crippen LogP) is 3.78. The van der Waals surface area contributed by atoms with E-state index >= 15 is 0 Å². The number of aliphatic hydroxyl groups is 1. The van der Waals surface area contributed by atoms with Crippen molar-refractivity contribution in [1.29, 1.82) is 0 Å². The lowest BCUT2D eigenvalue weighted by atomic mass is 10.1. The number of nitrogens with zero attached hydrogens (tertiary/aromatic N) is 1. The van der Waals surface area contributed by atoms with E-state index in [1.807, 2.05) is 6.07 Å². The molecule has 2 aromatic rings. The summed E-state index contributed by atoms with van der Waals surface area (Å²) in [4.78, 5) is 25.4. The van der Waals surface area contributed by atoms with Gasteiger partial charge in [-0.2, -0.15) is 0 Å². The van der Waals surface area contributed by atoms with Crippen LogP contribution >= 0.6 is 0 Å². The molecule has 1 heterocycles. The Kier molecular flexibility index (Phi) is 9.11. The number of halogens is 1. The summed E-state index contributed by atoms with van der Waals surface area (Å²) in [6, 6.07) is 15.0. The molecule has 1 fully saturated rings. The minimum atomic E-state index is -0.415. The lowest BCUT2D eigenvalue weighted by Gasteiger charge is -2.32. The highest BCUT2D eigenvalue weighted by Gasteiger charge is 2.27. The largest absolute Gasteiger partial charge is 0.465 e. The topological polar surface area (TPSA) is 76.1 Å². The molecule has 1 aliphatic heterocycles. The molecular weight excluding hydrogens is 377 g/mol. The van der Waals surface area contributed by atoms with Crippen LogP contribution in [0.5, 0.6) is 0 Å². The maximum atomic E-state index is 12.0. The Morgan fingerprint density at radius 2 is 1.90 bits per heavy atom. The van der Waals surface area contributed by atoms with E-state index in [0.29, 0.717) is 31.5 Å². The zero-order valence-electron chi connectivity index (χ0n) is 16.4. The van der Waals surface area contributed by atoms with E-state index < -0.39 is 5.97 Å². The Balaban J connectivity index is 0.000000360. The molecule has 1 saturated heterocycles. The molecule has 7 heteroatoms. The quantitative estimate of drug-likeness (QED) is 0.743. The van der Waals surface area contributed by atoms with Crippen LogP contribution in [0.2, 0.25) is 0 Å². The van der Waals surface area contributed by atoms with Gasteiger partial charge in [0.15, 0.2) is 0 Å². The number of carbonyl (C=O) groups is 2. The van der Waals surface area contributed by atoms with Gasteiger partial charge in [-0.05, 0) is 36.6 Å². The van der Waals surface area contributed by atoms with Crippen LogP contribution in [0.3, 0.4) is 0 Å². The molecule has 0 bridgehead atoms. The van der Waals surface area contributed by atoms with E-state index in [1.54, 1.807) is 41.3 Å². The van der Waals surface area contributed by atoms with E-state index in [0.717, 1.165) is 12.0 Å². The Labute approximate surface area is 169 Å². The van der Waals surface area contributed by atoms with Gasteiger partial charge in [0.1, 0.15) is 11.9 Å². The van der Waals surface area contributed by atoms with Crippen molar-refractivity contribution in [1.82, 2.24) is 4.90 Å². The normalized spacial score (nSPS) is 15.8. The van der Waals surface area contributed by atoms with Crippen LogP contribution < -0.4 is 0 Å². The molecule has 0 aliphatic carbocycles. The van der Waals surface area contributed by atoms with Crippen molar-refractivity contribution in [2.45, 2.75) is 31.9 Å². The number of rotatable bonds is 6.